The largest absolute Gasteiger partial charge is 0.422 e. The minimum absolute atomic E-state index is 0.0934. The standard InChI is InChI=1S/C23H16O3/c24-21(20-15-19-8-4-5-9-22(19)26-23(20)25)14-16-10-12-18(13-11-16)17-6-2-1-3-7-17/h1-13,15H,14H2. The highest BCUT2D eigenvalue weighted by Crippen LogP contribution is 2.20. The first-order valence-electron chi connectivity index (χ1n) is 8.41. The van der Waals surface area contributed by atoms with E-state index < -0.39 is 5.63 Å². The molecule has 0 aliphatic carbocycles. The van der Waals surface area contributed by atoms with Gasteiger partial charge in [0.2, 0.25) is 0 Å². The Morgan fingerprint density at radius 3 is 2.19 bits per heavy atom. The molecule has 0 spiro atoms. The van der Waals surface area contributed by atoms with Crippen LogP contribution in [0.3, 0.4) is 0 Å². The van der Waals surface area contributed by atoms with Crippen molar-refractivity contribution in [1.29, 1.82) is 0 Å². The molecule has 0 saturated carbocycles. The maximum absolute atomic E-state index is 12.6. The van der Waals surface area contributed by atoms with Gasteiger partial charge in [-0.1, -0.05) is 72.8 Å². The van der Waals surface area contributed by atoms with Gasteiger partial charge in [0.1, 0.15) is 11.1 Å². The topological polar surface area (TPSA) is 47.3 Å². The number of carbonyl (C=O) groups is 1. The minimum Gasteiger partial charge on any atom is -0.422 e. The Bertz CT molecular complexity index is 1120. The molecule has 3 aromatic carbocycles. The van der Waals surface area contributed by atoms with Crippen molar-refractivity contribution in [1.82, 2.24) is 0 Å². The molecule has 0 atom stereocenters. The van der Waals surface area contributed by atoms with Gasteiger partial charge in [-0.05, 0) is 28.8 Å². The highest BCUT2D eigenvalue weighted by molar-refractivity contribution is 5.99. The lowest BCUT2D eigenvalue weighted by atomic mass is 10.00. The first kappa shape index (κ1) is 16.0. The predicted octanol–water partition coefficient (Wildman–Crippen LogP) is 4.89. The van der Waals surface area contributed by atoms with Gasteiger partial charge in [0.25, 0.3) is 0 Å². The molecular formula is C23H16O3. The molecule has 4 rings (SSSR count). The molecule has 0 amide bonds. The third kappa shape index (κ3) is 3.20. The second-order valence-corrected chi connectivity index (χ2v) is 6.15. The summed E-state index contributed by atoms with van der Waals surface area (Å²) in [5.41, 5.74) is 3.07. The molecule has 1 heterocycles. The molecule has 0 bridgehead atoms. The van der Waals surface area contributed by atoms with E-state index in [0.717, 1.165) is 22.1 Å². The highest BCUT2D eigenvalue weighted by Gasteiger charge is 2.14. The van der Waals surface area contributed by atoms with Crippen molar-refractivity contribution in [2.45, 2.75) is 6.42 Å². The van der Waals surface area contributed by atoms with E-state index in [-0.39, 0.29) is 17.8 Å². The third-order valence-corrected chi connectivity index (χ3v) is 4.37. The maximum Gasteiger partial charge on any atom is 0.347 e. The number of para-hydroxylation sites is 1. The fraction of sp³-hybridized carbons (Fsp3) is 0.0435. The molecule has 0 N–H and O–H groups in total. The summed E-state index contributed by atoms with van der Waals surface area (Å²) in [6, 6.07) is 26.6. The van der Waals surface area contributed by atoms with Crippen molar-refractivity contribution in [3.05, 3.63) is 106 Å². The number of hydrogen-bond acceptors (Lipinski definition) is 3. The molecule has 0 aliphatic rings. The zero-order chi connectivity index (χ0) is 17.9. The Morgan fingerprint density at radius 1 is 0.769 bits per heavy atom. The Balaban J connectivity index is 1.58. The summed E-state index contributed by atoms with van der Waals surface area (Å²) in [5.74, 6) is -0.239. The lowest BCUT2D eigenvalue weighted by Crippen LogP contribution is -2.15. The van der Waals surface area contributed by atoms with E-state index >= 15 is 0 Å². The summed E-state index contributed by atoms with van der Waals surface area (Å²) < 4.78 is 5.25. The number of carbonyl (C=O) groups excluding carboxylic acids is 1. The van der Waals surface area contributed by atoms with Gasteiger partial charge in [0, 0.05) is 11.8 Å². The molecule has 3 heteroatoms. The van der Waals surface area contributed by atoms with Crippen LogP contribution in [-0.2, 0) is 6.42 Å². The fourth-order valence-electron chi connectivity index (χ4n) is 2.98. The third-order valence-electron chi connectivity index (χ3n) is 4.37. The molecule has 0 aliphatic heterocycles. The molecule has 0 unspecified atom stereocenters. The van der Waals surface area contributed by atoms with Crippen molar-refractivity contribution in [2.24, 2.45) is 0 Å². The van der Waals surface area contributed by atoms with Crippen LogP contribution in [0.5, 0.6) is 0 Å². The van der Waals surface area contributed by atoms with Gasteiger partial charge in [-0.3, -0.25) is 4.79 Å². The molecule has 0 radical (unpaired) electrons. The normalized spacial score (nSPS) is 10.8. The van der Waals surface area contributed by atoms with Gasteiger partial charge in [0.05, 0.1) is 0 Å². The molecule has 26 heavy (non-hydrogen) atoms. The lowest BCUT2D eigenvalue weighted by molar-refractivity contribution is 0.0989. The monoisotopic (exact) mass is 340 g/mol. The zero-order valence-corrected chi connectivity index (χ0v) is 14.0. The molecular weight excluding hydrogens is 324 g/mol. The first-order valence-corrected chi connectivity index (χ1v) is 8.41. The SMILES string of the molecule is O=C(Cc1ccc(-c2ccccc2)cc1)c1cc2ccccc2oc1=O. The van der Waals surface area contributed by atoms with Gasteiger partial charge < -0.3 is 4.42 Å². The Morgan fingerprint density at radius 2 is 1.42 bits per heavy atom. The van der Waals surface area contributed by atoms with Crippen molar-refractivity contribution >= 4 is 16.8 Å². The first-order chi connectivity index (χ1) is 12.7. The fourth-order valence-corrected chi connectivity index (χ4v) is 2.98. The summed E-state index contributed by atoms with van der Waals surface area (Å²) >= 11 is 0. The number of hydrogen-bond donors (Lipinski definition) is 0. The van der Waals surface area contributed by atoms with Gasteiger partial charge in [-0.2, -0.15) is 0 Å². The summed E-state index contributed by atoms with van der Waals surface area (Å²) in [7, 11) is 0. The molecule has 0 fully saturated rings. The summed E-state index contributed by atoms with van der Waals surface area (Å²) in [6.45, 7) is 0. The van der Waals surface area contributed by atoms with Crippen LogP contribution >= 0.6 is 0 Å². The Hall–Kier alpha value is -3.46. The van der Waals surface area contributed by atoms with Crippen molar-refractivity contribution in [2.75, 3.05) is 0 Å². The van der Waals surface area contributed by atoms with Crippen LogP contribution in [0.15, 0.2) is 94.1 Å². The van der Waals surface area contributed by atoms with E-state index in [1.54, 1.807) is 18.2 Å². The predicted molar refractivity (Wildman–Crippen MR) is 102 cm³/mol. The number of benzene rings is 3. The number of rotatable bonds is 4. The average molecular weight is 340 g/mol. The molecule has 1 aromatic heterocycles. The quantitative estimate of drug-likeness (QED) is 0.393. The molecule has 3 nitrogen and oxygen atoms in total. The van der Waals surface area contributed by atoms with Crippen molar-refractivity contribution < 1.29 is 9.21 Å². The zero-order valence-electron chi connectivity index (χ0n) is 14.0. The van der Waals surface area contributed by atoms with Gasteiger partial charge in [-0.25, -0.2) is 4.79 Å². The van der Waals surface area contributed by atoms with E-state index in [2.05, 4.69) is 0 Å². The van der Waals surface area contributed by atoms with Crippen LogP contribution in [0, 0.1) is 0 Å². The van der Waals surface area contributed by atoms with Crippen LogP contribution in [0.25, 0.3) is 22.1 Å². The highest BCUT2D eigenvalue weighted by atomic mass is 16.4. The molecule has 0 saturated heterocycles. The van der Waals surface area contributed by atoms with Gasteiger partial charge in [-0.15, -0.1) is 0 Å². The van der Waals surface area contributed by atoms with Crippen molar-refractivity contribution in [3.8, 4) is 11.1 Å². The minimum atomic E-state index is -0.588. The molecule has 126 valence electrons. The van der Waals surface area contributed by atoms with E-state index in [0.29, 0.717) is 5.58 Å². The lowest BCUT2D eigenvalue weighted by Gasteiger charge is -2.05. The number of fused-ring (bicyclic) bond motifs is 1. The number of Topliss-reactive ketones (excluding diaryl/α,β-unsaturated/α-hetero) is 1. The number of ketones is 1. The summed E-state index contributed by atoms with van der Waals surface area (Å²) in [6.07, 6.45) is 0.165. The van der Waals surface area contributed by atoms with Crippen LogP contribution in [0.4, 0.5) is 0 Å². The Labute approximate surface area is 150 Å². The second-order valence-electron chi connectivity index (χ2n) is 6.15. The summed E-state index contributed by atoms with van der Waals surface area (Å²) in [4.78, 5) is 24.7. The Kier molecular flexibility index (Phi) is 4.20. The van der Waals surface area contributed by atoms with Crippen LogP contribution in [0.2, 0.25) is 0 Å². The van der Waals surface area contributed by atoms with E-state index in [1.807, 2.05) is 66.7 Å². The van der Waals surface area contributed by atoms with Crippen LogP contribution in [-0.4, -0.2) is 5.78 Å². The van der Waals surface area contributed by atoms with Crippen molar-refractivity contribution in [3.63, 3.8) is 0 Å². The van der Waals surface area contributed by atoms with Gasteiger partial charge in [0.15, 0.2) is 5.78 Å². The van der Waals surface area contributed by atoms with E-state index in [4.69, 9.17) is 4.42 Å². The van der Waals surface area contributed by atoms with Crippen LogP contribution < -0.4 is 5.63 Å². The average Bonchev–Trinajstić information content (AvgIpc) is 2.68. The molecule has 4 aromatic rings. The smallest absolute Gasteiger partial charge is 0.347 e. The second kappa shape index (κ2) is 6.81. The maximum atomic E-state index is 12.6. The summed E-state index contributed by atoms with van der Waals surface area (Å²) in [5, 5.41) is 0.745. The van der Waals surface area contributed by atoms with E-state index in [1.165, 1.54) is 0 Å². The van der Waals surface area contributed by atoms with Crippen LogP contribution in [0.1, 0.15) is 15.9 Å². The van der Waals surface area contributed by atoms with E-state index in [9.17, 15) is 9.59 Å². The van der Waals surface area contributed by atoms with Gasteiger partial charge >= 0.3 is 5.63 Å².